The summed E-state index contributed by atoms with van der Waals surface area (Å²) >= 11 is 1.34. The average Bonchev–Trinajstić information content (AvgIpc) is 2.86. The number of nitrogens with one attached hydrogen (secondary N) is 1. The van der Waals surface area contributed by atoms with Crippen molar-refractivity contribution in [1.82, 2.24) is 14.5 Å². The first-order valence-corrected chi connectivity index (χ1v) is 7.64. The van der Waals surface area contributed by atoms with Crippen LogP contribution >= 0.6 is 11.5 Å². The second kappa shape index (κ2) is 5.50. The zero-order valence-electron chi connectivity index (χ0n) is 10.6. The van der Waals surface area contributed by atoms with Crippen LogP contribution < -0.4 is 11.3 Å². The molecule has 0 radical (unpaired) electrons. The van der Waals surface area contributed by atoms with Crippen molar-refractivity contribution in [3.8, 4) is 0 Å². The second-order valence-electron chi connectivity index (χ2n) is 5.52. The molecule has 1 aliphatic heterocycles. The lowest BCUT2D eigenvalue weighted by Crippen LogP contribution is -2.41. The fraction of sp³-hybridized carbons (Fsp3) is 0.833. The molecule has 1 aromatic heterocycles. The van der Waals surface area contributed by atoms with E-state index in [-0.39, 0.29) is 0 Å². The van der Waals surface area contributed by atoms with Crippen LogP contribution in [-0.4, -0.2) is 27.6 Å². The van der Waals surface area contributed by atoms with E-state index in [4.69, 9.17) is 5.84 Å². The molecule has 2 unspecified atom stereocenters. The van der Waals surface area contributed by atoms with Crippen molar-refractivity contribution in [3.05, 3.63) is 5.69 Å². The number of nitrogens with zero attached hydrogens (tertiary/aromatic N) is 3. The Morgan fingerprint density at radius 2 is 2.11 bits per heavy atom. The number of rotatable bonds is 3. The predicted octanol–water partition coefficient (Wildman–Crippen LogP) is 1.84. The van der Waals surface area contributed by atoms with Gasteiger partial charge in [-0.1, -0.05) is 23.8 Å². The highest BCUT2D eigenvalue weighted by Gasteiger charge is 2.31. The monoisotopic (exact) mass is 267 g/mol. The number of hydrogen-bond donors (Lipinski definition) is 2. The summed E-state index contributed by atoms with van der Waals surface area (Å²) in [5, 5.41) is 5.07. The van der Waals surface area contributed by atoms with Crippen LogP contribution in [0.1, 0.15) is 37.8 Å². The lowest BCUT2D eigenvalue weighted by molar-refractivity contribution is 0.0813. The zero-order chi connectivity index (χ0) is 12.4. The Hall–Kier alpha value is -0.720. The highest BCUT2D eigenvalue weighted by atomic mass is 32.1. The molecular weight excluding hydrogens is 246 g/mol. The Morgan fingerprint density at radius 1 is 1.28 bits per heavy atom. The van der Waals surface area contributed by atoms with E-state index in [0.717, 1.165) is 29.1 Å². The van der Waals surface area contributed by atoms with Gasteiger partial charge >= 0.3 is 0 Å². The maximum atomic E-state index is 5.47. The largest absolute Gasteiger partial charge is 0.313 e. The van der Waals surface area contributed by atoms with Crippen LogP contribution in [-0.2, 0) is 6.54 Å². The van der Waals surface area contributed by atoms with Crippen molar-refractivity contribution in [1.29, 1.82) is 0 Å². The van der Waals surface area contributed by atoms with E-state index < -0.39 is 0 Å². The molecule has 1 aromatic rings. The standard InChI is InChI=1S/C12H21N5S/c13-14-12-11(15-16-18-12)8-17-6-5-9-3-1-2-4-10(9)7-17/h9-10,14H,1-8,13H2. The number of hydrazine groups is 1. The molecule has 1 saturated heterocycles. The predicted molar refractivity (Wildman–Crippen MR) is 73.1 cm³/mol. The Kier molecular flexibility index (Phi) is 3.77. The van der Waals surface area contributed by atoms with Gasteiger partial charge in [0.05, 0.1) is 0 Å². The van der Waals surface area contributed by atoms with Crippen LogP contribution in [0, 0.1) is 11.8 Å². The quantitative estimate of drug-likeness (QED) is 0.646. The minimum absolute atomic E-state index is 0.888. The topological polar surface area (TPSA) is 67.1 Å². The molecule has 3 N–H and O–H groups in total. The maximum absolute atomic E-state index is 5.47. The first-order valence-electron chi connectivity index (χ1n) is 6.87. The minimum atomic E-state index is 0.888. The van der Waals surface area contributed by atoms with E-state index in [1.165, 1.54) is 56.7 Å². The van der Waals surface area contributed by atoms with Crippen LogP contribution in [0.4, 0.5) is 5.00 Å². The van der Waals surface area contributed by atoms with Gasteiger partial charge in [0.15, 0.2) is 0 Å². The van der Waals surface area contributed by atoms with Gasteiger partial charge in [0, 0.05) is 24.6 Å². The zero-order valence-corrected chi connectivity index (χ0v) is 11.5. The molecule has 2 heterocycles. The Labute approximate surface area is 112 Å². The number of anilines is 1. The van der Waals surface area contributed by atoms with Crippen LogP contribution in [0.5, 0.6) is 0 Å². The van der Waals surface area contributed by atoms with Gasteiger partial charge < -0.3 is 5.43 Å². The summed E-state index contributed by atoms with van der Waals surface area (Å²) in [5.74, 6) is 7.36. The molecule has 18 heavy (non-hydrogen) atoms. The first-order chi connectivity index (χ1) is 8.86. The van der Waals surface area contributed by atoms with Gasteiger partial charge in [-0.15, -0.1) is 5.10 Å². The molecule has 1 aliphatic carbocycles. The van der Waals surface area contributed by atoms with Crippen LogP contribution in [0.3, 0.4) is 0 Å². The number of hydrogen-bond acceptors (Lipinski definition) is 6. The average molecular weight is 267 g/mol. The van der Waals surface area contributed by atoms with Crippen molar-refractivity contribution in [2.24, 2.45) is 17.7 Å². The highest BCUT2D eigenvalue weighted by molar-refractivity contribution is 7.10. The van der Waals surface area contributed by atoms with E-state index in [2.05, 4.69) is 19.9 Å². The molecule has 5 nitrogen and oxygen atoms in total. The lowest BCUT2D eigenvalue weighted by Gasteiger charge is -2.41. The minimum Gasteiger partial charge on any atom is -0.313 e. The maximum Gasteiger partial charge on any atom is 0.148 e. The second-order valence-corrected chi connectivity index (χ2v) is 6.28. The fourth-order valence-corrected chi connectivity index (χ4v) is 3.94. The van der Waals surface area contributed by atoms with E-state index >= 15 is 0 Å². The first kappa shape index (κ1) is 12.3. The van der Waals surface area contributed by atoms with Crippen LogP contribution in [0.15, 0.2) is 0 Å². The SMILES string of the molecule is NNc1snnc1CN1CCC2CCCCC2C1. The highest BCUT2D eigenvalue weighted by Crippen LogP contribution is 2.36. The summed E-state index contributed by atoms with van der Waals surface area (Å²) in [5.41, 5.74) is 3.69. The Bertz CT molecular complexity index is 394. The molecule has 0 amide bonds. The Morgan fingerprint density at radius 3 is 2.94 bits per heavy atom. The van der Waals surface area contributed by atoms with Gasteiger partial charge in [0.2, 0.25) is 0 Å². The summed E-state index contributed by atoms with van der Waals surface area (Å²) in [6.45, 7) is 3.31. The van der Waals surface area contributed by atoms with Crippen molar-refractivity contribution >= 4 is 16.5 Å². The number of piperidine rings is 1. The molecule has 1 saturated carbocycles. The van der Waals surface area contributed by atoms with Gasteiger partial charge in [-0.3, -0.25) is 4.90 Å². The summed E-state index contributed by atoms with van der Waals surface area (Å²) in [7, 11) is 0. The van der Waals surface area contributed by atoms with Gasteiger partial charge in [-0.2, -0.15) is 0 Å². The number of aromatic nitrogens is 2. The summed E-state index contributed by atoms with van der Waals surface area (Å²) in [6.07, 6.45) is 7.08. The van der Waals surface area contributed by atoms with Gasteiger partial charge in [-0.25, -0.2) is 5.84 Å². The smallest absolute Gasteiger partial charge is 0.148 e. The molecule has 0 aromatic carbocycles. The number of fused-ring (bicyclic) bond motifs is 1. The lowest BCUT2D eigenvalue weighted by atomic mass is 9.75. The van der Waals surface area contributed by atoms with Gasteiger partial charge in [-0.05, 0) is 31.2 Å². The van der Waals surface area contributed by atoms with Gasteiger partial charge in [0.1, 0.15) is 10.7 Å². The molecule has 2 aliphatic rings. The van der Waals surface area contributed by atoms with Crippen molar-refractivity contribution in [3.63, 3.8) is 0 Å². The summed E-state index contributed by atoms with van der Waals surface area (Å²) in [4.78, 5) is 2.52. The van der Waals surface area contributed by atoms with Crippen molar-refractivity contribution in [2.45, 2.75) is 38.6 Å². The molecule has 2 atom stereocenters. The van der Waals surface area contributed by atoms with Crippen LogP contribution in [0.25, 0.3) is 0 Å². The molecule has 100 valence electrons. The molecular formula is C12H21N5S. The number of nitrogens with two attached hydrogens (primary N) is 1. The normalized spacial score (nSPS) is 28.9. The molecule has 0 spiro atoms. The van der Waals surface area contributed by atoms with E-state index in [0.29, 0.717) is 0 Å². The molecule has 2 fully saturated rings. The van der Waals surface area contributed by atoms with Crippen molar-refractivity contribution < 1.29 is 0 Å². The summed E-state index contributed by atoms with van der Waals surface area (Å²) in [6, 6.07) is 0. The third-order valence-electron chi connectivity index (χ3n) is 4.44. The Balaban J connectivity index is 1.61. The van der Waals surface area contributed by atoms with E-state index in [1.807, 2.05) is 0 Å². The third-order valence-corrected chi connectivity index (χ3v) is 5.13. The van der Waals surface area contributed by atoms with Crippen molar-refractivity contribution in [2.75, 3.05) is 18.5 Å². The van der Waals surface area contributed by atoms with Crippen LogP contribution in [0.2, 0.25) is 0 Å². The summed E-state index contributed by atoms with van der Waals surface area (Å²) < 4.78 is 3.96. The van der Waals surface area contributed by atoms with E-state index in [9.17, 15) is 0 Å². The number of nitrogen functional groups attached to an aromatic ring is 1. The molecule has 6 heteroatoms. The van der Waals surface area contributed by atoms with E-state index in [1.54, 1.807) is 0 Å². The molecule has 0 bridgehead atoms. The molecule has 3 rings (SSSR count). The third kappa shape index (κ3) is 2.50. The van der Waals surface area contributed by atoms with Gasteiger partial charge in [0.25, 0.3) is 0 Å². The number of likely N-dealkylation sites (tertiary alicyclic amines) is 1. The fourth-order valence-electron chi connectivity index (χ4n) is 3.45.